The minimum Gasteiger partial charge on any atom is -0.378 e. The van der Waals surface area contributed by atoms with Gasteiger partial charge in [-0.05, 0) is 26.8 Å². The monoisotopic (exact) mass is 349 g/mol. The molecule has 140 valence electrons. The van der Waals surface area contributed by atoms with Crippen molar-refractivity contribution >= 4 is 11.8 Å². The minimum absolute atomic E-state index is 0.247. The standard InChI is InChI=1S/C18H31N5O2/c1-5-19-17(22-14-18(2,3)24-4)21-13-15-7-6-8-20-16(15)23-9-11-25-12-10-23/h6-8H,5,9-14H2,1-4H3,(H2,19,21,22). The lowest BCUT2D eigenvalue weighted by Gasteiger charge is -2.29. The summed E-state index contributed by atoms with van der Waals surface area (Å²) in [5, 5.41) is 6.62. The fourth-order valence-electron chi connectivity index (χ4n) is 2.49. The number of morpholine rings is 1. The molecule has 1 aromatic heterocycles. The average molecular weight is 349 g/mol. The second-order valence-corrected chi connectivity index (χ2v) is 6.60. The summed E-state index contributed by atoms with van der Waals surface area (Å²) in [5.74, 6) is 1.78. The Bertz CT molecular complexity index is 556. The summed E-state index contributed by atoms with van der Waals surface area (Å²) >= 11 is 0. The van der Waals surface area contributed by atoms with Crippen LogP contribution in [0.5, 0.6) is 0 Å². The van der Waals surface area contributed by atoms with Gasteiger partial charge in [0.1, 0.15) is 5.82 Å². The van der Waals surface area contributed by atoms with Crippen molar-refractivity contribution in [3.63, 3.8) is 0 Å². The summed E-state index contributed by atoms with van der Waals surface area (Å²) in [7, 11) is 1.72. The Hall–Kier alpha value is -1.86. The Morgan fingerprint density at radius 3 is 2.80 bits per heavy atom. The van der Waals surface area contributed by atoms with E-state index >= 15 is 0 Å². The molecule has 0 radical (unpaired) electrons. The van der Waals surface area contributed by atoms with Crippen molar-refractivity contribution in [3.05, 3.63) is 23.9 Å². The zero-order chi connectivity index (χ0) is 18.1. The van der Waals surface area contributed by atoms with Gasteiger partial charge in [-0.15, -0.1) is 0 Å². The number of methoxy groups -OCH3 is 1. The molecule has 2 rings (SSSR count). The number of anilines is 1. The molecule has 7 heteroatoms. The Balaban J connectivity index is 2.06. The number of rotatable bonds is 7. The van der Waals surface area contributed by atoms with Crippen molar-refractivity contribution in [2.24, 2.45) is 4.99 Å². The van der Waals surface area contributed by atoms with Crippen LogP contribution >= 0.6 is 0 Å². The second kappa shape index (κ2) is 9.58. The van der Waals surface area contributed by atoms with Crippen LogP contribution in [0.3, 0.4) is 0 Å². The molecule has 0 atom stereocenters. The van der Waals surface area contributed by atoms with Crippen LogP contribution in [0, 0.1) is 0 Å². The van der Waals surface area contributed by atoms with Gasteiger partial charge >= 0.3 is 0 Å². The summed E-state index contributed by atoms with van der Waals surface area (Å²) in [5.41, 5.74) is 0.872. The highest BCUT2D eigenvalue weighted by molar-refractivity contribution is 5.79. The topological polar surface area (TPSA) is 71.0 Å². The zero-order valence-corrected chi connectivity index (χ0v) is 15.8. The van der Waals surface area contributed by atoms with Crippen LogP contribution in [0.1, 0.15) is 26.3 Å². The van der Waals surface area contributed by atoms with E-state index in [1.54, 1.807) is 7.11 Å². The highest BCUT2D eigenvalue weighted by atomic mass is 16.5. The fraction of sp³-hybridized carbons (Fsp3) is 0.667. The van der Waals surface area contributed by atoms with Crippen LogP contribution in [0.2, 0.25) is 0 Å². The van der Waals surface area contributed by atoms with Gasteiger partial charge in [0.05, 0.1) is 25.4 Å². The first-order valence-electron chi connectivity index (χ1n) is 8.89. The molecule has 25 heavy (non-hydrogen) atoms. The van der Waals surface area contributed by atoms with Gasteiger partial charge in [-0.3, -0.25) is 0 Å². The maximum Gasteiger partial charge on any atom is 0.191 e. The van der Waals surface area contributed by atoms with Crippen LogP contribution in [0.25, 0.3) is 0 Å². The minimum atomic E-state index is -0.247. The van der Waals surface area contributed by atoms with Gasteiger partial charge in [0, 0.05) is 45.0 Å². The highest BCUT2D eigenvalue weighted by Crippen LogP contribution is 2.19. The largest absolute Gasteiger partial charge is 0.378 e. The number of aromatic nitrogens is 1. The number of nitrogens with one attached hydrogen (secondary N) is 2. The summed E-state index contributed by atoms with van der Waals surface area (Å²) < 4.78 is 10.9. The second-order valence-electron chi connectivity index (χ2n) is 6.60. The third-order valence-electron chi connectivity index (χ3n) is 4.16. The molecule has 0 spiro atoms. The Labute approximate surface area is 150 Å². The molecule has 0 aliphatic carbocycles. The predicted molar refractivity (Wildman–Crippen MR) is 101 cm³/mol. The third-order valence-corrected chi connectivity index (χ3v) is 4.16. The first-order valence-corrected chi connectivity index (χ1v) is 8.89. The SMILES string of the molecule is CCNC(=NCc1cccnc1N1CCOCC1)NCC(C)(C)OC. The molecule has 0 aromatic carbocycles. The lowest BCUT2D eigenvalue weighted by atomic mass is 10.1. The van der Waals surface area contributed by atoms with Crippen molar-refractivity contribution in [1.29, 1.82) is 0 Å². The van der Waals surface area contributed by atoms with E-state index in [9.17, 15) is 0 Å². The average Bonchev–Trinajstić information content (AvgIpc) is 2.65. The molecule has 0 amide bonds. The van der Waals surface area contributed by atoms with Crippen molar-refractivity contribution in [2.75, 3.05) is 51.4 Å². The van der Waals surface area contributed by atoms with Gasteiger partial charge in [0.2, 0.25) is 0 Å². The predicted octanol–water partition coefficient (Wildman–Crippen LogP) is 1.40. The van der Waals surface area contributed by atoms with Crippen molar-refractivity contribution < 1.29 is 9.47 Å². The highest BCUT2D eigenvalue weighted by Gasteiger charge is 2.17. The first kappa shape index (κ1) is 19.5. The van der Waals surface area contributed by atoms with E-state index in [0.717, 1.165) is 50.2 Å². The van der Waals surface area contributed by atoms with E-state index in [0.29, 0.717) is 13.1 Å². The quantitative estimate of drug-likeness (QED) is 0.573. The number of guanidine groups is 1. The molecule has 2 N–H and O–H groups in total. The van der Waals surface area contributed by atoms with Gasteiger partial charge in [-0.2, -0.15) is 0 Å². The van der Waals surface area contributed by atoms with Crippen LogP contribution < -0.4 is 15.5 Å². The smallest absolute Gasteiger partial charge is 0.191 e. The number of hydrogen-bond donors (Lipinski definition) is 2. The maximum absolute atomic E-state index is 5.45. The van der Waals surface area contributed by atoms with Crippen LogP contribution in [-0.4, -0.2) is 63.0 Å². The van der Waals surface area contributed by atoms with Crippen molar-refractivity contribution in [3.8, 4) is 0 Å². The lowest BCUT2D eigenvalue weighted by molar-refractivity contribution is 0.0268. The van der Waals surface area contributed by atoms with Gasteiger partial charge < -0.3 is 25.0 Å². The number of ether oxygens (including phenoxy) is 2. The van der Waals surface area contributed by atoms with E-state index in [-0.39, 0.29) is 5.60 Å². The summed E-state index contributed by atoms with van der Waals surface area (Å²) in [4.78, 5) is 11.5. The van der Waals surface area contributed by atoms with E-state index in [4.69, 9.17) is 14.5 Å². The van der Waals surface area contributed by atoms with E-state index in [1.807, 2.05) is 26.1 Å². The molecule has 1 aliphatic heterocycles. The van der Waals surface area contributed by atoms with Crippen LogP contribution in [-0.2, 0) is 16.0 Å². The van der Waals surface area contributed by atoms with Gasteiger partial charge in [0.15, 0.2) is 5.96 Å². The molecule has 1 saturated heterocycles. The molecule has 2 heterocycles. The molecular weight excluding hydrogens is 318 g/mol. The third kappa shape index (κ3) is 6.17. The fourth-order valence-corrected chi connectivity index (χ4v) is 2.49. The normalized spacial score (nSPS) is 16.0. The number of pyridine rings is 1. The Morgan fingerprint density at radius 2 is 2.12 bits per heavy atom. The first-order chi connectivity index (χ1) is 12.1. The zero-order valence-electron chi connectivity index (χ0n) is 15.8. The summed E-state index contributed by atoms with van der Waals surface area (Å²) in [6.07, 6.45) is 1.84. The van der Waals surface area contributed by atoms with Gasteiger partial charge in [-0.1, -0.05) is 6.07 Å². The Morgan fingerprint density at radius 1 is 1.36 bits per heavy atom. The molecule has 0 bridgehead atoms. The van der Waals surface area contributed by atoms with Crippen molar-refractivity contribution in [1.82, 2.24) is 15.6 Å². The number of aliphatic imine (C=N–C) groups is 1. The summed E-state index contributed by atoms with van der Waals surface area (Å²) in [6, 6.07) is 4.05. The number of nitrogens with zero attached hydrogens (tertiary/aromatic N) is 3. The molecule has 0 unspecified atom stereocenters. The molecule has 0 saturated carbocycles. The maximum atomic E-state index is 5.45. The van der Waals surface area contributed by atoms with Crippen molar-refractivity contribution in [2.45, 2.75) is 32.9 Å². The summed E-state index contributed by atoms with van der Waals surface area (Å²) in [6.45, 7) is 11.4. The molecule has 1 aliphatic rings. The van der Waals surface area contributed by atoms with E-state index in [2.05, 4.69) is 33.5 Å². The van der Waals surface area contributed by atoms with E-state index in [1.165, 1.54) is 0 Å². The molecule has 1 fully saturated rings. The van der Waals surface area contributed by atoms with Crippen LogP contribution in [0.4, 0.5) is 5.82 Å². The van der Waals surface area contributed by atoms with Gasteiger partial charge in [0.25, 0.3) is 0 Å². The van der Waals surface area contributed by atoms with E-state index < -0.39 is 0 Å². The lowest BCUT2D eigenvalue weighted by Crippen LogP contribution is -2.45. The Kier molecular flexibility index (Phi) is 7.46. The molecule has 7 nitrogen and oxygen atoms in total. The molecule has 1 aromatic rings. The molecular formula is C18H31N5O2. The van der Waals surface area contributed by atoms with Crippen LogP contribution in [0.15, 0.2) is 23.3 Å². The van der Waals surface area contributed by atoms with Gasteiger partial charge in [-0.25, -0.2) is 9.98 Å². The number of hydrogen-bond acceptors (Lipinski definition) is 5.